The number of tetrazole rings is 1. The Labute approximate surface area is 202 Å². The molecule has 176 valence electrons. The number of rotatable bonds is 6. The quantitative estimate of drug-likeness (QED) is 0.399. The summed E-state index contributed by atoms with van der Waals surface area (Å²) in [6.07, 6.45) is 1.19. The van der Waals surface area contributed by atoms with E-state index in [1.54, 1.807) is 4.90 Å². The van der Waals surface area contributed by atoms with Gasteiger partial charge in [0.25, 0.3) is 0 Å². The second kappa shape index (κ2) is 9.86. The molecule has 9 nitrogen and oxygen atoms in total. The lowest BCUT2D eigenvalue weighted by Gasteiger charge is -2.26. The minimum Gasteiger partial charge on any atom is -0.343 e. The molecule has 5 rings (SSSR count). The van der Waals surface area contributed by atoms with E-state index in [2.05, 4.69) is 25.9 Å². The topological polar surface area (TPSA) is 130 Å². The number of nitrogens with two attached hydrogens (primary N) is 1. The van der Waals surface area contributed by atoms with Crippen LogP contribution in [0, 0.1) is 0 Å². The molecule has 3 aromatic carbocycles. The number of para-hydroxylation sites is 1. The van der Waals surface area contributed by atoms with Crippen molar-refractivity contribution in [3.05, 3.63) is 83.9 Å². The maximum absolute atomic E-state index is 13.6. The van der Waals surface area contributed by atoms with Gasteiger partial charge in [0.15, 0.2) is 5.82 Å². The number of anilines is 1. The van der Waals surface area contributed by atoms with Gasteiger partial charge in [0, 0.05) is 11.3 Å². The number of H-pyrrole nitrogens is 1. The molecule has 2 amide bonds. The summed E-state index contributed by atoms with van der Waals surface area (Å²) in [5.41, 5.74) is 11.1. The van der Waals surface area contributed by atoms with E-state index < -0.39 is 6.04 Å². The molecule has 1 aliphatic rings. The summed E-state index contributed by atoms with van der Waals surface area (Å²) in [7, 11) is 0. The fourth-order valence-corrected chi connectivity index (χ4v) is 4.48. The molecule has 4 N–H and O–H groups in total. The lowest BCUT2D eigenvalue weighted by Crippen LogP contribution is -2.49. The molecule has 0 saturated heterocycles. The molecule has 0 aliphatic carbocycles. The van der Waals surface area contributed by atoms with Gasteiger partial charge in [-0.25, -0.2) is 5.10 Å². The van der Waals surface area contributed by atoms with E-state index >= 15 is 0 Å². The lowest BCUT2D eigenvalue weighted by atomic mass is 9.96. The van der Waals surface area contributed by atoms with Crippen LogP contribution in [0.1, 0.15) is 17.5 Å². The van der Waals surface area contributed by atoms with E-state index in [4.69, 9.17) is 5.73 Å². The predicted octanol–water partition coefficient (Wildman–Crippen LogP) is 2.46. The Kier molecular flexibility index (Phi) is 6.32. The Morgan fingerprint density at radius 3 is 2.63 bits per heavy atom. The van der Waals surface area contributed by atoms with Crippen LogP contribution >= 0.6 is 0 Å². The van der Waals surface area contributed by atoms with E-state index in [9.17, 15) is 9.59 Å². The summed E-state index contributed by atoms with van der Waals surface area (Å²) in [6, 6.07) is 23.2. The molecule has 35 heavy (non-hydrogen) atoms. The number of amides is 2. The first kappa shape index (κ1) is 22.4. The molecule has 0 spiro atoms. The highest BCUT2D eigenvalue weighted by Gasteiger charge is 2.31. The van der Waals surface area contributed by atoms with E-state index in [1.807, 2.05) is 72.8 Å². The van der Waals surface area contributed by atoms with E-state index in [0.29, 0.717) is 25.2 Å². The number of aromatic amines is 1. The van der Waals surface area contributed by atoms with E-state index in [1.165, 1.54) is 0 Å². The van der Waals surface area contributed by atoms with Crippen LogP contribution in [-0.2, 0) is 22.6 Å². The van der Waals surface area contributed by atoms with Crippen molar-refractivity contribution in [3.63, 3.8) is 0 Å². The smallest absolute Gasteiger partial charge is 0.249 e. The van der Waals surface area contributed by atoms with Crippen LogP contribution in [0.5, 0.6) is 0 Å². The summed E-state index contributed by atoms with van der Waals surface area (Å²) in [6.45, 7) is 0.167. The third kappa shape index (κ3) is 4.67. The molecule has 1 aliphatic heterocycles. The second-order valence-electron chi connectivity index (χ2n) is 8.41. The highest BCUT2D eigenvalue weighted by molar-refractivity contribution is 6.00. The van der Waals surface area contributed by atoms with Crippen molar-refractivity contribution in [2.45, 2.75) is 25.4 Å². The Morgan fingerprint density at radius 1 is 1.06 bits per heavy atom. The van der Waals surface area contributed by atoms with E-state index in [0.717, 1.165) is 33.5 Å². The van der Waals surface area contributed by atoms with Gasteiger partial charge in [-0.15, -0.1) is 5.10 Å². The van der Waals surface area contributed by atoms with Gasteiger partial charge >= 0.3 is 0 Å². The van der Waals surface area contributed by atoms with Crippen molar-refractivity contribution in [1.82, 2.24) is 25.9 Å². The molecular formula is C26H25N7O2. The number of nitrogens with zero attached hydrogens (tertiary/aromatic N) is 4. The van der Waals surface area contributed by atoms with Gasteiger partial charge < -0.3 is 16.0 Å². The van der Waals surface area contributed by atoms with Crippen LogP contribution in [0.25, 0.3) is 22.5 Å². The molecular weight excluding hydrogens is 442 g/mol. The first-order chi connectivity index (χ1) is 17.1. The van der Waals surface area contributed by atoms with Gasteiger partial charge in [-0.3, -0.25) is 9.59 Å². The minimum atomic E-state index is -0.639. The fourth-order valence-electron chi connectivity index (χ4n) is 4.48. The third-order valence-electron chi connectivity index (χ3n) is 6.18. The first-order valence-electron chi connectivity index (χ1n) is 11.4. The van der Waals surface area contributed by atoms with Gasteiger partial charge in [0.05, 0.1) is 13.1 Å². The molecule has 0 bridgehead atoms. The standard InChI is InChI=1S/C26H25N7O2/c27-15-24(34)28-22-13-11-19-8-4-5-9-23(19)33(26(22)35)16-17-10-12-20(18-6-2-1-3-7-18)21(14-17)25-29-31-32-30-25/h1-10,12,14,22H,11,13,15-16,27H2,(H,28,34)(H,29,30,31,32). The molecule has 4 aromatic rings. The number of aromatic nitrogens is 4. The monoisotopic (exact) mass is 467 g/mol. The van der Waals surface area contributed by atoms with Crippen LogP contribution in [0.4, 0.5) is 5.69 Å². The Hall–Kier alpha value is -4.37. The first-order valence-corrected chi connectivity index (χ1v) is 11.4. The maximum Gasteiger partial charge on any atom is 0.249 e. The summed E-state index contributed by atoms with van der Waals surface area (Å²) in [5, 5.41) is 17.2. The third-order valence-corrected chi connectivity index (χ3v) is 6.18. The van der Waals surface area contributed by atoms with E-state index in [-0.39, 0.29) is 18.4 Å². The van der Waals surface area contributed by atoms with Crippen molar-refractivity contribution in [3.8, 4) is 22.5 Å². The summed E-state index contributed by atoms with van der Waals surface area (Å²) in [5.74, 6) is 0.0368. The van der Waals surface area contributed by atoms with Crippen molar-refractivity contribution >= 4 is 17.5 Å². The number of nitrogens with one attached hydrogen (secondary N) is 2. The number of hydrogen-bond donors (Lipinski definition) is 3. The van der Waals surface area contributed by atoms with Crippen molar-refractivity contribution in [1.29, 1.82) is 0 Å². The van der Waals surface area contributed by atoms with Crippen LogP contribution < -0.4 is 16.0 Å². The molecule has 2 heterocycles. The van der Waals surface area contributed by atoms with Crippen LogP contribution in [0.15, 0.2) is 72.8 Å². The van der Waals surface area contributed by atoms with Gasteiger partial charge in [-0.1, -0.05) is 60.7 Å². The lowest BCUT2D eigenvalue weighted by molar-refractivity contribution is -0.127. The molecule has 1 unspecified atom stereocenters. The van der Waals surface area contributed by atoms with Crippen molar-refractivity contribution in [2.24, 2.45) is 5.73 Å². The zero-order valence-electron chi connectivity index (χ0n) is 19.0. The largest absolute Gasteiger partial charge is 0.343 e. The predicted molar refractivity (Wildman–Crippen MR) is 132 cm³/mol. The van der Waals surface area contributed by atoms with Crippen molar-refractivity contribution in [2.75, 3.05) is 11.4 Å². The SMILES string of the molecule is NCC(=O)NC1CCc2ccccc2N(Cc2ccc(-c3ccccc3)c(-c3nnn[nH]3)c2)C1=O. The molecule has 9 heteroatoms. The number of fused-ring (bicyclic) bond motifs is 1. The zero-order valence-corrected chi connectivity index (χ0v) is 19.0. The molecule has 1 aromatic heterocycles. The average molecular weight is 468 g/mol. The summed E-state index contributed by atoms with van der Waals surface area (Å²) in [4.78, 5) is 27.3. The molecule has 0 fully saturated rings. The normalized spacial score (nSPS) is 15.4. The number of carbonyl (C=O) groups excluding carboxylic acids is 2. The Morgan fingerprint density at radius 2 is 1.86 bits per heavy atom. The second-order valence-corrected chi connectivity index (χ2v) is 8.41. The summed E-state index contributed by atoms with van der Waals surface area (Å²) < 4.78 is 0. The number of aryl methyl sites for hydroxylation is 1. The van der Waals surface area contributed by atoms with Crippen LogP contribution in [0.2, 0.25) is 0 Å². The van der Waals surface area contributed by atoms with Gasteiger partial charge in [-0.2, -0.15) is 0 Å². The van der Waals surface area contributed by atoms with Crippen molar-refractivity contribution < 1.29 is 9.59 Å². The van der Waals surface area contributed by atoms with Gasteiger partial charge in [-0.05, 0) is 57.7 Å². The number of benzene rings is 3. The van der Waals surface area contributed by atoms with Crippen LogP contribution in [-0.4, -0.2) is 45.0 Å². The Balaban J connectivity index is 1.54. The molecule has 1 atom stereocenters. The van der Waals surface area contributed by atoms with Crippen LogP contribution in [0.3, 0.4) is 0 Å². The van der Waals surface area contributed by atoms with Gasteiger partial charge in [0.1, 0.15) is 6.04 Å². The van der Waals surface area contributed by atoms with Gasteiger partial charge in [0.2, 0.25) is 11.8 Å². The Bertz CT molecular complexity index is 1340. The number of hydrogen-bond acceptors (Lipinski definition) is 6. The zero-order chi connectivity index (χ0) is 24.2. The minimum absolute atomic E-state index is 0.160. The molecule has 0 radical (unpaired) electrons. The highest BCUT2D eigenvalue weighted by Crippen LogP contribution is 2.33. The maximum atomic E-state index is 13.6. The highest BCUT2D eigenvalue weighted by atomic mass is 16.2. The summed E-state index contributed by atoms with van der Waals surface area (Å²) >= 11 is 0. The average Bonchev–Trinajstić information content (AvgIpc) is 3.41. The number of carbonyl (C=O) groups is 2. The molecule has 0 saturated carbocycles. The fraction of sp³-hybridized carbons (Fsp3) is 0.192.